The van der Waals surface area contributed by atoms with Crippen molar-refractivity contribution in [1.29, 1.82) is 0 Å². The van der Waals surface area contributed by atoms with Gasteiger partial charge in [0.15, 0.2) is 0 Å². The van der Waals surface area contributed by atoms with E-state index in [9.17, 15) is 9.59 Å². The standard InChI is InChI=1S/C11H16N4O2/c1-4-14-6-9(5-12-14)15-8(3)10(16)13-7(2)11(15)17/h5-8H,4H2,1-3H3,(H,13,16). The van der Waals surface area contributed by atoms with E-state index in [0.29, 0.717) is 5.69 Å². The molecule has 1 N–H and O–H groups in total. The van der Waals surface area contributed by atoms with Gasteiger partial charge in [-0.1, -0.05) is 0 Å². The van der Waals surface area contributed by atoms with Crippen molar-refractivity contribution in [3.8, 4) is 0 Å². The molecule has 1 saturated heterocycles. The van der Waals surface area contributed by atoms with Gasteiger partial charge in [0, 0.05) is 12.7 Å². The maximum atomic E-state index is 12.1. The van der Waals surface area contributed by atoms with Gasteiger partial charge in [0.2, 0.25) is 11.8 Å². The minimum Gasteiger partial charge on any atom is -0.343 e. The lowest BCUT2D eigenvalue weighted by atomic mass is 10.1. The number of hydrogen-bond acceptors (Lipinski definition) is 3. The van der Waals surface area contributed by atoms with Crippen LogP contribution in [0.3, 0.4) is 0 Å². The van der Waals surface area contributed by atoms with Crippen LogP contribution in [0.15, 0.2) is 12.4 Å². The average Bonchev–Trinajstić information content (AvgIpc) is 2.75. The van der Waals surface area contributed by atoms with Gasteiger partial charge in [-0.15, -0.1) is 0 Å². The first kappa shape index (κ1) is 11.6. The Morgan fingerprint density at radius 3 is 2.71 bits per heavy atom. The minimum atomic E-state index is -0.492. The van der Waals surface area contributed by atoms with Crippen molar-refractivity contribution < 1.29 is 9.59 Å². The highest BCUT2D eigenvalue weighted by molar-refractivity contribution is 6.07. The number of piperazine rings is 1. The molecule has 92 valence electrons. The van der Waals surface area contributed by atoms with Gasteiger partial charge in [0.05, 0.1) is 11.9 Å². The van der Waals surface area contributed by atoms with Crippen LogP contribution in [0.2, 0.25) is 0 Å². The zero-order chi connectivity index (χ0) is 12.6. The molecule has 2 unspecified atom stereocenters. The molecule has 2 heterocycles. The van der Waals surface area contributed by atoms with Crippen LogP contribution >= 0.6 is 0 Å². The highest BCUT2D eigenvalue weighted by Gasteiger charge is 2.37. The van der Waals surface area contributed by atoms with Gasteiger partial charge in [-0.3, -0.25) is 19.2 Å². The molecular weight excluding hydrogens is 220 g/mol. The number of nitrogens with zero attached hydrogens (tertiary/aromatic N) is 3. The summed E-state index contributed by atoms with van der Waals surface area (Å²) in [6.45, 7) is 6.09. The second-order valence-electron chi connectivity index (χ2n) is 4.17. The molecule has 6 heteroatoms. The van der Waals surface area contributed by atoms with Crippen LogP contribution in [-0.4, -0.2) is 33.7 Å². The average molecular weight is 236 g/mol. The number of carbonyl (C=O) groups is 2. The normalized spacial score (nSPS) is 25.0. The molecule has 0 aliphatic carbocycles. The third kappa shape index (κ3) is 1.90. The van der Waals surface area contributed by atoms with Crippen LogP contribution in [-0.2, 0) is 16.1 Å². The summed E-state index contributed by atoms with van der Waals surface area (Å²) in [5, 5.41) is 6.76. The van der Waals surface area contributed by atoms with Gasteiger partial charge in [-0.2, -0.15) is 5.10 Å². The number of nitrogens with one attached hydrogen (secondary N) is 1. The molecule has 2 rings (SSSR count). The number of carbonyl (C=O) groups excluding carboxylic acids is 2. The fourth-order valence-electron chi connectivity index (χ4n) is 1.91. The Morgan fingerprint density at radius 2 is 2.12 bits per heavy atom. The molecular formula is C11H16N4O2. The van der Waals surface area contributed by atoms with E-state index in [4.69, 9.17) is 0 Å². The first-order valence-corrected chi connectivity index (χ1v) is 5.70. The molecule has 2 atom stereocenters. The summed E-state index contributed by atoms with van der Waals surface area (Å²) in [7, 11) is 0. The molecule has 0 aromatic carbocycles. The Balaban J connectivity index is 2.33. The topological polar surface area (TPSA) is 67.2 Å². The summed E-state index contributed by atoms with van der Waals surface area (Å²) >= 11 is 0. The van der Waals surface area contributed by atoms with Gasteiger partial charge in [0.1, 0.15) is 12.1 Å². The Bertz CT molecular complexity index is 454. The van der Waals surface area contributed by atoms with E-state index in [2.05, 4.69) is 10.4 Å². The summed E-state index contributed by atoms with van der Waals surface area (Å²) in [5.41, 5.74) is 0.672. The molecule has 1 aromatic rings. The van der Waals surface area contributed by atoms with Crippen LogP contribution < -0.4 is 10.2 Å². The van der Waals surface area contributed by atoms with E-state index in [-0.39, 0.29) is 11.8 Å². The van der Waals surface area contributed by atoms with E-state index in [1.807, 2.05) is 6.92 Å². The molecule has 2 amide bonds. The Kier molecular flexibility index (Phi) is 2.87. The molecule has 0 saturated carbocycles. The molecule has 0 radical (unpaired) electrons. The molecule has 1 fully saturated rings. The van der Waals surface area contributed by atoms with Gasteiger partial charge in [-0.05, 0) is 20.8 Å². The zero-order valence-electron chi connectivity index (χ0n) is 10.2. The second kappa shape index (κ2) is 4.20. The number of hydrogen-bond donors (Lipinski definition) is 1. The van der Waals surface area contributed by atoms with Crippen LogP contribution in [0.4, 0.5) is 5.69 Å². The van der Waals surface area contributed by atoms with E-state index in [1.54, 1.807) is 30.9 Å². The predicted molar refractivity (Wildman–Crippen MR) is 62.5 cm³/mol. The molecule has 6 nitrogen and oxygen atoms in total. The van der Waals surface area contributed by atoms with Crippen LogP contribution in [0.5, 0.6) is 0 Å². The van der Waals surface area contributed by atoms with Gasteiger partial charge in [0.25, 0.3) is 0 Å². The molecule has 1 aliphatic heterocycles. The number of anilines is 1. The highest BCUT2D eigenvalue weighted by atomic mass is 16.2. The van der Waals surface area contributed by atoms with Crippen LogP contribution in [0.25, 0.3) is 0 Å². The lowest BCUT2D eigenvalue weighted by molar-refractivity contribution is -0.133. The Morgan fingerprint density at radius 1 is 1.41 bits per heavy atom. The largest absolute Gasteiger partial charge is 0.343 e. The lowest BCUT2D eigenvalue weighted by Crippen LogP contribution is -2.61. The highest BCUT2D eigenvalue weighted by Crippen LogP contribution is 2.20. The molecule has 0 bridgehead atoms. The maximum Gasteiger partial charge on any atom is 0.250 e. The Hall–Kier alpha value is -1.85. The van der Waals surface area contributed by atoms with Gasteiger partial charge in [-0.25, -0.2) is 0 Å². The van der Waals surface area contributed by atoms with Crippen molar-refractivity contribution in [3.63, 3.8) is 0 Å². The van der Waals surface area contributed by atoms with Crippen molar-refractivity contribution in [3.05, 3.63) is 12.4 Å². The number of amides is 2. The molecule has 1 aromatic heterocycles. The van der Waals surface area contributed by atoms with Crippen molar-refractivity contribution in [2.45, 2.75) is 39.4 Å². The van der Waals surface area contributed by atoms with Crippen molar-refractivity contribution in [1.82, 2.24) is 15.1 Å². The monoisotopic (exact) mass is 236 g/mol. The summed E-state index contributed by atoms with van der Waals surface area (Å²) in [6, 6.07) is -0.975. The Labute approximate surface area is 99.6 Å². The van der Waals surface area contributed by atoms with Crippen molar-refractivity contribution in [2.75, 3.05) is 4.90 Å². The molecule has 17 heavy (non-hydrogen) atoms. The quantitative estimate of drug-likeness (QED) is 0.794. The van der Waals surface area contributed by atoms with E-state index in [1.165, 1.54) is 4.90 Å². The van der Waals surface area contributed by atoms with Crippen LogP contribution in [0, 0.1) is 0 Å². The lowest BCUT2D eigenvalue weighted by Gasteiger charge is -2.35. The van der Waals surface area contributed by atoms with Crippen LogP contribution in [0.1, 0.15) is 20.8 Å². The third-order valence-corrected chi connectivity index (χ3v) is 2.96. The summed E-state index contributed by atoms with van der Waals surface area (Å²) in [6.07, 6.45) is 3.39. The van der Waals surface area contributed by atoms with E-state index >= 15 is 0 Å². The maximum absolute atomic E-state index is 12.1. The van der Waals surface area contributed by atoms with Crippen molar-refractivity contribution in [2.24, 2.45) is 0 Å². The fourth-order valence-corrected chi connectivity index (χ4v) is 1.91. The molecule has 1 aliphatic rings. The van der Waals surface area contributed by atoms with Crippen molar-refractivity contribution >= 4 is 17.5 Å². The summed E-state index contributed by atoms with van der Waals surface area (Å²) in [4.78, 5) is 25.2. The number of aromatic nitrogens is 2. The first-order chi connectivity index (χ1) is 8.04. The SMILES string of the molecule is CCn1cc(N2C(=O)C(C)NC(=O)C2C)cn1. The van der Waals surface area contributed by atoms with E-state index in [0.717, 1.165) is 6.54 Å². The minimum absolute atomic E-state index is 0.104. The predicted octanol–water partition coefficient (Wildman–Crippen LogP) is 0.143. The van der Waals surface area contributed by atoms with Gasteiger partial charge >= 0.3 is 0 Å². The zero-order valence-corrected chi connectivity index (χ0v) is 10.2. The third-order valence-electron chi connectivity index (χ3n) is 2.96. The number of aryl methyl sites for hydroxylation is 1. The van der Waals surface area contributed by atoms with Gasteiger partial charge < -0.3 is 5.32 Å². The van der Waals surface area contributed by atoms with E-state index < -0.39 is 12.1 Å². The fraction of sp³-hybridized carbons (Fsp3) is 0.545. The summed E-state index contributed by atoms with van der Waals surface area (Å²) < 4.78 is 1.73. The molecule has 0 spiro atoms. The summed E-state index contributed by atoms with van der Waals surface area (Å²) in [5.74, 6) is -0.242. The number of rotatable bonds is 2. The smallest absolute Gasteiger partial charge is 0.250 e. The second-order valence-corrected chi connectivity index (χ2v) is 4.17. The first-order valence-electron chi connectivity index (χ1n) is 5.70.